The topological polar surface area (TPSA) is 42.0 Å². The first-order chi connectivity index (χ1) is 8.61. The van der Waals surface area contributed by atoms with E-state index < -0.39 is 0 Å². The monoisotopic (exact) mass is 260 g/mol. The smallest absolute Gasteiger partial charge is 0.195 e. The van der Waals surface area contributed by atoms with E-state index in [0.717, 1.165) is 11.4 Å². The summed E-state index contributed by atoms with van der Waals surface area (Å²) in [6.07, 6.45) is 1.63. The molecule has 0 spiro atoms. The average Bonchev–Trinajstić information content (AvgIpc) is 2.38. The van der Waals surface area contributed by atoms with Gasteiger partial charge in [-0.15, -0.1) is 0 Å². The first kappa shape index (κ1) is 12.6. The van der Waals surface area contributed by atoms with Crippen molar-refractivity contribution in [2.24, 2.45) is 0 Å². The van der Waals surface area contributed by atoms with Gasteiger partial charge in [-0.1, -0.05) is 11.6 Å². The second-order valence-corrected chi connectivity index (χ2v) is 4.39. The molecular weight excluding hydrogens is 248 g/mol. The maximum absolute atomic E-state index is 12.4. The Morgan fingerprint density at radius 1 is 1.28 bits per heavy atom. The van der Waals surface area contributed by atoms with Gasteiger partial charge in [0.05, 0.1) is 0 Å². The number of ketones is 1. The molecule has 18 heavy (non-hydrogen) atoms. The van der Waals surface area contributed by atoms with Crippen LogP contribution < -0.4 is 5.32 Å². The van der Waals surface area contributed by atoms with Gasteiger partial charge >= 0.3 is 0 Å². The second kappa shape index (κ2) is 5.19. The third kappa shape index (κ3) is 2.51. The largest absolute Gasteiger partial charge is 0.388 e. The van der Waals surface area contributed by atoms with Gasteiger partial charge in [-0.3, -0.25) is 9.78 Å². The predicted octanol–water partition coefficient (Wildman–Crippen LogP) is 3.32. The number of nitrogens with one attached hydrogen (secondary N) is 1. The first-order valence-corrected chi connectivity index (χ1v) is 5.94. The SMILES string of the molecule is CNc1ccc(Cl)cc1C(=O)c1ccnc(C)c1. The van der Waals surface area contributed by atoms with Crippen molar-refractivity contribution in [3.05, 3.63) is 58.4 Å². The molecule has 4 heteroatoms. The van der Waals surface area contributed by atoms with E-state index in [1.165, 1.54) is 0 Å². The highest BCUT2D eigenvalue weighted by Crippen LogP contribution is 2.23. The van der Waals surface area contributed by atoms with Crippen molar-refractivity contribution in [2.75, 3.05) is 12.4 Å². The zero-order valence-electron chi connectivity index (χ0n) is 10.2. The lowest BCUT2D eigenvalue weighted by molar-refractivity contribution is 0.103. The van der Waals surface area contributed by atoms with Gasteiger partial charge in [0.15, 0.2) is 5.78 Å². The summed E-state index contributed by atoms with van der Waals surface area (Å²) in [7, 11) is 1.78. The fraction of sp³-hybridized carbons (Fsp3) is 0.143. The van der Waals surface area contributed by atoms with Crippen molar-refractivity contribution in [3.8, 4) is 0 Å². The molecule has 0 radical (unpaired) electrons. The number of hydrogen-bond donors (Lipinski definition) is 1. The second-order valence-electron chi connectivity index (χ2n) is 3.95. The van der Waals surface area contributed by atoms with Gasteiger partial charge in [0, 0.05) is 40.8 Å². The number of halogens is 1. The van der Waals surface area contributed by atoms with Gasteiger partial charge in [-0.25, -0.2) is 0 Å². The van der Waals surface area contributed by atoms with Gasteiger partial charge in [0.25, 0.3) is 0 Å². The molecule has 2 rings (SSSR count). The Balaban J connectivity index is 2.48. The molecule has 0 atom stereocenters. The zero-order chi connectivity index (χ0) is 13.1. The van der Waals surface area contributed by atoms with Crippen molar-refractivity contribution in [1.29, 1.82) is 0 Å². The highest BCUT2D eigenvalue weighted by molar-refractivity contribution is 6.31. The maximum Gasteiger partial charge on any atom is 0.195 e. The van der Waals surface area contributed by atoms with Gasteiger partial charge in [-0.05, 0) is 37.3 Å². The minimum Gasteiger partial charge on any atom is -0.388 e. The van der Waals surface area contributed by atoms with Crippen LogP contribution in [-0.4, -0.2) is 17.8 Å². The van der Waals surface area contributed by atoms with Crippen LogP contribution in [0.25, 0.3) is 0 Å². The van der Waals surface area contributed by atoms with Crippen LogP contribution in [0.5, 0.6) is 0 Å². The summed E-state index contributed by atoms with van der Waals surface area (Å²) in [4.78, 5) is 16.5. The van der Waals surface area contributed by atoms with E-state index in [1.54, 1.807) is 43.6 Å². The Bertz CT molecular complexity index is 596. The highest BCUT2D eigenvalue weighted by Gasteiger charge is 2.14. The molecule has 1 aromatic heterocycles. The number of aryl methyl sites for hydroxylation is 1. The third-order valence-electron chi connectivity index (χ3n) is 2.65. The number of hydrogen-bond acceptors (Lipinski definition) is 3. The summed E-state index contributed by atoms with van der Waals surface area (Å²) in [6, 6.07) is 8.69. The van der Waals surface area contributed by atoms with Crippen LogP contribution in [-0.2, 0) is 0 Å². The molecular formula is C14H13ClN2O. The standard InChI is InChI=1S/C14H13ClN2O/c1-9-7-10(5-6-17-9)14(18)12-8-11(15)3-4-13(12)16-2/h3-8,16H,1-2H3. The number of carbonyl (C=O) groups is 1. The third-order valence-corrected chi connectivity index (χ3v) is 2.89. The lowest BCUT2D eigenvalue weighted by Gasteiger charge is -2.09. The van der Waals surface area contributed by atoms with E-state index >= 15 is 0 Å². The number of pyridine rings is 1. The number of aromatic nitrogens is 1. The van der Waals surface area contributed by atoms with Crippen molar-refractivity contribution in [3.63, 3.8) is 0 Å². The fourth-order valence-corrected chi connectivity index (χ4v) is 1.94. The summed E-state index contributed by atoms with van der Waals surface area (Å²) in [5, 5.41) is 3.54. The number of rotatable bonds is 3. The first-order valence-electron chi connectivity index (χ1n) is 5.56. The molecule has 0 bridgehead atoms. The Morgan fingerprint density at radius 2 is 2.06 bits per heavy atom. The van der Waals surface area contributed by atoms with Gasteiger partial charge in [-0.2, -0.15) is 0 Å². The predicted molar refractivity (Wildman–Crippen MR) is 73.4 cm³/mol. The molecule has 1 heterocycles. The maximum atomic E-state index is 12.4. The molecule has 0 unspecified atom stereocenters. The van der Waals surface area contributed by atoms with E-state index in [-0.39, 0.29) is 5.78 Å². The van der Waals surface area contributed by atoms with Crippen LogP contribution in [0.4, 0.5) is 5.69 Å². The zero-order valence-corrected chi connectivity index (χ0v) is 11.0. The Hall–Kier alpha value is -1.87. The fourth-order valence-electron chi connectivity index (χ4n) is 1.76. The van der Waals surface area contributed by atoms with E-state index in [9.17, 15) is 4.79 Å². The van der Waals surface area contributed by atoms with Crippen LogP contribution in [0.1, 0.15) is 21.6 Å². The van der Waals surface area contributed by atoms with Gasteiger partial charge < -0.3 is 5.32 Å². The van der Waals surface area contributed by atoms with Crippen LogP contribution in [0.3, 0.4) is 0 Å². The number of nitrogens with zero attached hydrogens (tertiary/aromatic N) is 1. The van der Waals surface area contributed by atoms with E-state index in [4.69, 9.17) is 11.6 Å². The highest BCUT2D eigenvalue weighted by atomic mass is 35.5. The summed E-state index contributed by atoms with van der Waals surface area (Å²) >= 11 is 5.94. The summed E-state index contributed by atoms with van der Waals surface area (Å²) in [5.41, 5.74) is 2.75. The van der Waals surface area contributed by atoms with E-state index in [0.29, 0.717) is 16.1 Å². The molecule has 0 aliphatic rings. The van der Waals surface area contributed by atoms with Crippen LogP contribution in [0.2, 0.25) is 5.02 Å². The van der Waals surface area contributed by atoms with Crippen LogP contribution >= 0.6 is 11.6 Å². The molecule has 1 N–H and O–H groups in total. The van der Waals surface area contributed by atoms with Crippen molar-refractivity contribution in [2.45, 2.75) is 6.92 Å². The van der Waals surface area contributed by atoms with Crippen molar-refractivity contribution < 1.29 is 4.79 Å². The molecule has 92 valence electrons. The quantitative estimate of drug-likeness (QED) is 0.861. The molecule has 0 saturated heterocycles. The molecule has 0 saturated carbocycles. The summed E-state index contributed by atoms with van der Waals surface area (Å²) < 4.78 is 0. The lowest BCUT2D eigenvalue weighted by Crippen LogP contribution is -2.06. The number of benzene rings is 1. The molecule has 0 aliphatic carbocycles. The normalized spacial score (nSPS) is 10.2. The van der Waals surface area contributed by atoms with Crippen LogP contribution in [0, 0.1) is 6.92 Å². The van der Waals surface area contributed by atoms with Crippen molar-refractivity contribution >= 4 is 23.1 Å². The average molecular weight is 261 g/mol. The van der Waals surface area contributed by atoms with E-state index in [2.05, 4.69) is 10.3 Å². The number of carbonyl (C=O) groups excluding carboxylic acids is 1. The Labute approximate surface area is 111 Å². The molecule has 0 aliphatic heterocycles. The number of anilines is 1. The van der Waals surface area contributed by atoms with E-state index in [1.807, 2.05) is 6.92 Å². The molecule has 0 amide bonds. The Morgan fingerprint density at radius 3 is 2.72 bits per heavy atom. The minimum absolute atomic E-state index is 0.0626. The molecule has 3 nitrogen and oxygen atoms in total. The molecule has 1 aromatic carbocycles. The summed E-state index contributed by atoms with van der Waals surface area (Å²) in [6.45, 7) is 1.85. The van der Waals surface area contributed by atoms with Crippen LogP contribution in [0.15, 0.2) is 36.5 Å². The molecule has 2 aromatic rings. The Kier molecular flexibility index (Phi) is 3.63. The van der Waals surface area contributed by atoms with Crippen molar-refractivity contribution in [1.82, 2.24) is 4.98 Å². The van der Waals surface area contributed by atoms with Gasteiger partial charge in [0.2, 0.25) is 0 Å². The van der Waals surface area contributed by atoms with Gasteiger partial charge in [0.1, 0.15) is 0 Å². The molecule has 0 fully saturated rings. The minimum atomic E-state index is -0.0626. The lowest BCUT2D eigenvalue weighted by atomic mass is 10.0. The summed E-state index contributed by atoms with van der Waals surface area (Å²) in [5.74, 6) is -0.0626.